The molecule has 3 aromatic rings. The summed E-state index contributed by atoms with van der Waals surface area (Å²) < 4.78 is 27.4. The third-order valence-corrected chi connectivity index (χ3v) is 5.29. The number of aromatic amines is 1. The maximum atomic E-state index is 14.0. The van der Waals surface area contributed by atoms with Crippen LogP contribution in [-0.2, 0) is 6.54 Å². The van der Waals surface area contributed by atoms with Gasteiger partial charge in [-0.25, -0.2) is 8.78 Å². The SMILES string of the molecule is O=C(c1cc(F)ccc1F)[C@@H]1CCCN(Cc2cc3ccccc3[nH]c2=O)C1. The number of carbonyl (C=O) groups excluding carboxylic acids is 1. The van der Waals surface area contributed by atoms with Crippen LogP contribution in [0.1, 0.15) is 28.8 Å². The second-order valence-corrected chi connectivity index (χ2v) is 7.27. The van der Waals surface area contributed by atoms with Crippen molar-refractivity contribution >= 4 is 16.7 Å². The number of nitrogens with zero attached hydrogens (tertiary/aromatic N) is 1. The summed E-state index contributed by atoms with van der Waals surface area (Å²) in [5.41, 5.74) is 1.06. The van der Waals surface area contributed by atoms with Crippen LogP contribution in [0, 0.1) is 17.6 Å². The zero-order valence-corrected chi connectivity index (χ0v) is 15.3. The van der Waals surface area contributed by atoms with Gasteiger partial charge in [-0.15, -0.1) is 0 Å². The normalized spacial score (nSPS) is 17.7. The van der Waals surface area contributed by atoms with E-state index >= 15 is 0 Å². The van der Waals surface area contributed by atoms with Crippen LogP contribution >= 0.6 is 0 Å². The van der Waals surface area contributed by atoms with Crippen molar-refractivity contribution in [1.29, 1.82) is 0 Å². The maximum absolute atomic E-state index is 14.0. The molecule has 6 heteroatoms. The number of H-pyrrole nitrogens is 1. The number of Topliss-reactive ketones (excluding diaryl/α,β-unsaturated/α-hetero) is 1. The van der Waals surface area contributed by atoms with Gasteiger partial charge in [0.05, 0.1) is 5.56 Å². The summed E-state index contributed by atoms with van der Waals surface area (Å²) in [6.45, 7) is 1.58. The van der Waals surface area contributed by atoms with Gasteiger partial charge < -0.3 is 4.98 Å². The van der Waals surface area contributed by atoms with E-state index in [4.69, 9.17) is 0 Å². The van der Waals surface area contributed by atoms with E-state index in [1.807, 2.05) is 35.2 Å². The number of nitrogens with one attached hydrogen (secondary N) is 1. The van der Waals surface area contributed by atoms with Crippen molar-refractivity contribution in [2.75, 3.05) is 13.1 Å². The summed E-state index contributed by atoms with van der Waals surface area (Å²) in [5.74, 6) is -2.12. The highest BCUT2D eigenvalue weighted by atomic mass is 19.1. The Morgan fingerprint density at radius 3 is 2.82 bits per heavy atom. The number of piperidine rings is 1. The van der Waals surface area contributed by atoms with Gasteiger partial charge in [0.25, 0.3) is 5.56 Å². The van der Waals surface area contributed by atoms with E-state index in [0.717, 1.165) is 42.1 Å². The number of carbonyl (C=O) groups is 1. The third kappa shape index (κ3) is 3.73. The lowest BCUT2D eigenvalue weighted by Crippen LogP contribution is -2.39. The fraction of sp³-hybridized carbons (Fsp3) is 0.273. The van der Waals surface area contributed by atoms with Gasteiger partial charge in [0, 0.05) is 30.1 Å². The minimum absolute atomic E-state index is 0.150. The molecule has 0 unspecified atom stereocenters. The Kier molecular flexibility index (Phi) is 5.05. The molecule has 4 nitrogen and oxygen atoms in total. The summed E-state index contributed by atoms with van der Waals surface area (Å²) >= 11 is 0. The molecule has 2 aromatic carbocycles. The Morgan fingerprint density at radius 2 is 1.96 bits per heavy atom. The van der Waals surface area contributed by atoms with Crippen molar-refractivity contribution in [1.82, 2.24) is 9.88 Å². The molecule has 4 rings (SSSR count). The molecule has 1 aliphatic rings. The van der Waals surface area contributed by atoms with Gasteiger partial charge in [0.1, 0.15) is 11.6 Å². The standard InChI is InChI=1S/C22H20F2N2O2/c23-17-7-8-19(24)18(11-17)21(27)15-5-3-9-26(12-15)13-16-10-14-4-1-2-6-20(14)25-22(16)28/h1-2,4,6-8,10-11,15H,3,5,9,12-13H2,(H,25,28)/t15-/m1/s1. The molecule has 1 aliphatic heterocycles. The molecule has 0 amide bonds. The van der Waals surface area contributed by atoms with Gasteiger partial charge in [-0.3, -0.25) is 14.5 Å². The van der Waals surface area contributed by atoms with Crippen LogP contribution in [0.3, 0.4) is 0 Å². The number of pyridine rings is 1. The molecule has 1 atom stereocenters. The Hall–Kier alpha value is -2.86. The molecule has 0 aliphatic carbocycles. The van der Waals surface area contributed by atoms with Crippen molar-refractivity contribution in [2.45, 2.75) is 19.4 Å². The van der Waals surface area contributed by atoms with E-state index < -0.39 is 17.6 Å². The second-order valence-electron chi connectivity index (χ2n) is 7.27. The largest absolute Gasteiger partial charge is 0.322 e. The number of benzene rings is 2. The van der Waals surface area contributed by atoms with E-state index in [0.29, 0.717) is 25.1 Å². The third-order valence-electron chi connectivity index (χ3n) is 5.29. The van der Waals surface area contributed by atoms with E-state index in [1.54, 1.807) is 0 Å². The molecule has 0 bridgehead atoms. The van der Waals surface area contributed by atoms with E-state index in [9.17, 15) is 18.4 Å². The van der Waals surface area contributed by atoms with E-state index in [2.05, 4.69) is 4.98 Å². The number of hydrogen-bond acceptors (Lipinski definition) is 3. The van der Waals surface area contributed by atoms with Gasteiger partial charge in [0.15, 0.2) is 5.78 Å². The van der Waals surface area contributed by atoms with Crippen LogP contribution in [0.5, 0.6) is 0 Å². The van der Waals surface area contributed by atoms with Crippen molar-refractivity contribution < 1.29 is 13.6 Å². The minimum atomic E-state index is -0.700. The molecule has 1 fully saturated rings. The second kappa shape index (κ2) is 7.64. The lowest BCUT2D eigenvalue weighted by atomic mass is 9.89. The Labute approximate surface area is 160 Å². The zero-order chi connectivity index (χ0) is 19.7. The first-order chi connectivity index (χ1) is 13.5. The van der Waals surface area contributed by atoms with Crippen molar-refractivity contribution in [3.8, 4) is 0 Å². The number of rotatable bonds is 4. The van der Waals surface area contributed by atoms with Gasteiger partial charge >= 0.3 is 0 Å². The van der Waals surface area contributed by atoms with E-state index in [-0.39, 0.29) is 16.9 Å². The summed E-state index contributed by atoms with van der Waals surface area (Å²) in [5, 5.41) is 0.948. The first-order valence-corrected chi connectivity index (χ1v) is 9.34. The predicted molar refractivity (Wildman–Crippen MR) is 103 cm³/mol. The van der Waals surface area contributed by atoms with Gasteiger partial charge in [-0.05, 0) is 55.1 Å². The zero-order valence-electron chi connectivity index (χ0n) is 15.3. The van der Waals surface area contributed by atoms with Crippen LogP contribution < -0.4 is 5.56 Å². The minimum Gasteiger partial charge on any atom is -0.322 e. The first-order valence-electron chi connectivity index (χ1n) is 9.34. The Balaban J connectivity index is 1.53. The topological polar surface area (TPSA) is 53.2 Å². The summed E-state index contributed by atoms with van der Waals surface area (Å²) in [6.07, 6.45) is 1.39. The number of ketones is 1. The molecule has 1 N–H and O–H groups in total. The molecule has 2 heterocycles. The summed E-state index contributed by atoms with van der Waals surface area (Å²) in [4.78, 5) is 30.0. The van der Waals surface area contributed by atoms with Crippen LogP contribution in [0.25, 0.3) is 10.9 Å². The van der Waals surface area contributed by atoms with Crippen LogP contribution in [0.15, 0.2) is 53.3 Å². The van der Waals surface area contributed by atoms with Gasteiger partial charge in [0.2, 0.25) is 0 Å². The number of likely N-dealkylation sites (tertiary alicyclic amines) is 1. The highest BCUT2D eigenvalue weighted by Gasteiger charge is 2.28. The van der Waals surface area contributed by atoms with Crippen LogP contribution in [-0.4, -0.2) is 28.8 Å². The van der Waals surface area contributed by atoms with Crippen LogP contribution in [0.2, 0.25) is 0 Å². The molecular formula is C22H20F2N2O2. The quantitative estimate of drug-likeness (QED) is 0.697. The smallest absolute Gasteiger partial charge is 0.252 e. The average Bonchev–Trinajstić information content (AvgIpc) is 2.70. The van der Waals surface area contributed by atoms with Gasteiger partial charge in [-0.1, -0.05) is 18.2 Å². The predicted octanol–water partition coefficient (Wildman–Crippen LogP) is 3.90. The molecule has 0 radical (unpaired) electrons. The molecule has 1 aromatic heterocycles. The first kappa shape index (κ1) is 18.5. The Morgan fingerprint density at radius 1 is 1.14 bits per heavy atom. The molecule has 28 heavy (non-hydrogen) atoms. The molecule has 0 saturated carbocycles. The lowest BCUT2D eigenvalue weighted by Gasteiger charge is -2.31. The average molecular weight is 382 g/mol. The summed E-state index contributed by atoms with van der Waals surface area (Å²) in [7, 11) is 0. The van der Waals surface area contributed by atoms with Crippen molar-refractivity contribution in [3.05, 3.63) is 81.6 Å². The molecule has 144 valence electrons. The van der Waals surface area contributed by atoms with Gasteiger partial charge in [-0.2, -0.15) is 0 Å². The number of halogens is 2. The molecule has 1 saturated heterocycles. The van der Waals surface area contributed by atoms with Crippen molar-refractivity contribution in [2.24, 2.45) is 5.92 Å². The number of para-hydroxylation sites is 1. The number of hydrogen-bond donors (Lipinski definition) is 1. The number of aromatic nitrogens is 1. The molecule has 0 spiro atoms. The maximum Gasteiger partial charge on any atom is 0.252 e. The fourth-order valence-electron chi connectivity index (χ4n) is 3.87. The monoisotopic (exact) mass is 382 g/mol. The highest BCUT2D eigenvalue weighted by Crippen LogP contribution is 2.24. The van der Waals surface area contributed by atoms with Crippen molar-refractivity contribution in [3.63, 3.8) is 0 Å². The lowest BCUT2D eigenvalue weighted by molar-refractivity contribution is 0.0806. The fourth-order valence-corrected chi connectivity index (χ4v) is 3.87. The highest BCUT2D eigenvalue weighted by molar-refractivity contribution is 5.98. The molecular weight excluding hydrogens is 362 g/mol. The Bertz CT molecular complexity index is 1090. The summed E-state index contributed by atoms with van der Waals surface area (Å²) in [6, 6.07) is 12.4. The van der Waals surface area contributed by atoms with Crippen LogP contribution in [0.4, 0.5) is 8.78 Å². The van der Waals surface area contributed by atoms with E-state index in [1.165, 1.54) is 0 Å². The number of fused-ring (bicyclic) bond motifs is 1.